The Labute approximate surface area is 72.4 Å². The molecule has 11 heavy (non-hydrogen) atoms. The summed E-state index contributed by atoms with van der Waals surface area (Å²) in [5.41, 5.74) is 0.564. The van der Waals surface area contributed by atoms with E-state index in [1.165, 1.54) is 32.1 Å². The van der Waals surface area contributed by atoms with Crippen LogP contribution < -0.4 is 0 Å². The summed E-state index contributed by atoms with van der Waals surface area (Å²) in [5.74, 6) is 1.06. The minimum absolute atomic E-state index is 0. The molecular formula is C11H24. The molecule has 0 atom stereocenters. The van der Waals surface area contributed by atoms with E-state index in [1.807, 2.05) is 0 Å². The summed E-state index contributed by atoms with van der Waals surface area (Å²) in [6, 6.07) is 0. The van der Waals surface area contributed by atoms with Crippen molar-refractivity contribution in [2.24, 2.45) is 11.3 Å². The second-order valence-corrected chi connectivity index (χ2v) is 4.92. The van der Waals surface area contributed by atoms with Crippen LogP contribution in [0.15, 0.2) is 0 Å². The lowest BCUT2D eigenvalue weighted by Crippen LogP contribution is -2.10. The fourth-order valence-corrected chi connectivity index (χ4v) is 2.08. The Balaban J connectivity index is 0.000001000. The normalized spacial score (nSPS) is 19.9. The van der Waals surface area contributed by atoms with Crippen molar-refractivity contribution in [2.75, 3.05) is 0 Å². The van der Waals surface area contributed by atoms with Crippen LogP contribution in [-0.4, -0.2) is 0 Å². The first-order chi connectivity index (χ1) is 4.58. The molecule has 0 aromatic carbocycles. The Morgan fingerprint density at radius 2 is 1.55 bits per heavy atom. The van der Waals surface area contributed by atoms with Gasteiger partial charge in [-0.2, -0.15) is 0 Å². The highest BCUT2D eigenvalue weighted by Crippen LogP contribution is 2.34. The molecule has 0 saturated heterocycles. The van der Waals surface area contributed by atoms with Crippen LogP contribution in [-0.2, 0) is 0 Å². The Morgan fingerprint density at radius 3 is 1.91 bits per heavy atom. The van der Waals surface area contributed by atoms with Crippen LogP contribution in [0.3, 0.4) is 0 Å². The van der Waals surface area contributed by atoms with Crippen LogP contribution in [0.25, 0.3) is 0 Å². The summed E-state index contributed by atoms with van der Waals surface area (Å²) in [6.07, 6.45) is 7.41. The SMILES string of the molecule is C.CC(C)(C)CC1CCCC1. The first-order valence-corrected chi connectivity index (χ1v) is 4.58. The van der Waals surface area contributed by atoms with Gasteiger partial charge < -0.3 is 0 Å². The van der Waals surface area contributed by atoms with Crippen molar-refractivity contribution in [3.8, 4) is 0 Å². The van der Waals surface area contributed by atoms with Crippen LogP contribution in [0.1, 0.15) is 60.3 Å². The average Bonchev–Trinajstić information content (AvgIpc) is 2.12. The zero-order chi connectivity index (χ0) is 7.61. The third kappa shape index (κ3) is 4.44. The highest BCUT2D eigenvalue weighted by atomic mass is 14.3. The molecular weight excluding hydrogens is 132 g/mol. The molecule has 0 aromatic rings. The molecule has 0 unspecified atom stereocenters. The van der Waals surface area contributed by atoms with Gasteiger partial charge in [0.1, 0.15) is 0 Å². The maximum atomic E-state index is 2.35. The second kappa shape index (κ2) is 4.13. The quantitative estimate of drug-likeness (QED) is 0.532. The molecule has 0 N–H and O–H groups in total. The van der Waals surface area contributed by atoms with Crippen molar-refractivity contribution >= 4 is 0 Å². The minimum Gasteiger partial charge on any atom is -0.0776 e. The van der Waals surface area contributed by atoms with Gasteiger partial charge in [-0.1, -0.05) is 53.9 Å². The van der Waals surface area contributed by atoms with Gasteiger partial charge in [0.05, 0.1) is 0 Å². The van der Waals surface area contributed by atoms with Gasteiger partial charge in [-0.3, -0.25) is 0 Å². The fourth-order valence-electron chi connectivity index (χ4n) is 2.08. The van der Waals surface area contributed by atoms with Crippen molar-refractivity contribution in [1.29, 1.82) is 0 Å². The molecule has 0 heterocycles. The van der Waals surface area contributed by atoms with Crippen molar-refractivity contribution in [1.82, 2.24) is 0 Å². The monoisotopic (exact) mass is 156 g/mol. The van der Waals surface area contributed by atoms with Crippen LogP contribution >= 0.6 is 0 Å². The van der Waals surface area contributed by atoms with Crippen LogP contribution in [0.4, 0.5) is 0 Å². The molecule has 1 fully saturated rings. The zero-order valence-electron chi connectivity index (χ0n) is 7.61. The molecule has 68 valence electrons. The molecule has 0 heteroatoms. The van der Waals surface area contributed by atoms with Crippen LogP contribution in [0, 0.1) is 11.3 Å². The van der Waals surface area contributed by atoms with E-state index >= 15 is 0 Å². The molecule has 1 saturated carbocycles. The summed E-state index contributed by atoms with van der Waals surface area (Å²) >= 11 is 0. The number of hydrogen-bond donors (Lipinski definition) is 0. The van der Waals surface area contributed by atoms with E-state index in [4.69, 9.17) is 0 Å². The molecule has 0 radical (unpaired) electrons. The van der Waals surface area contributed by atoms with Crippen molar-refractivity contribution in [3.05, 3.63) is 0 Å². The van der Waals surface area contributed by atoms with Crippen LogP contribution in [0.2, 0.25) is 0 Å². The van der Waals surface area contributed by atoms with Gasteiger partial charge in [0.25, 0.3) is 0 Å². The Kier molecular flexibility index (Phi) is 4.13. The maximum Gasteiger partial charge on any atom is -0.0380 e. The van der Waals surface area contributed by atoms with E-state index in [-0.39, 0.29) is 7.43 Å². The topological polar surface area (TPSA) is 0 Å². The molecule has 0 spiro atoms. The zero-order valence-corrected chi connectivity index (χ0v) is 7.61. The molecule has 0 bridgehead atoms. The third-order valence-corrected chi connectivity index (χ3v) is 2.38. The molecule has 1 aliphatic rings. The van der Waals surface area contributed by atoms with Gasteiger partial charge in [0, 0.05) is 0 Å². The smallest absolute Gasteiger partial charge is 0.0380 e. The van der Waals surface area contributed by atoms with Gasteiger partial charge in [-0.25, -0.2) is 0 Å². The third-order valence-electron chi connectivity index (χ3n) is 2.38. The Hall–Kier alpha value is 0. The lowest BCUT2D eigenvalue weighted by Gasteiger charge is -2.22. The summed E-state index contributed by atoms with van der Waals surface area (Å²) in [6.45, 7) is 7.06. The van der Waals surface area contributed by atoms with Gasteiger partial charge in [-0.15, -0.1) is 0 Å². The number of rotatable bonds is 1. The van der Waals surface area contributed by atoms with Crippen molar-refractivity contribution in [2.45, 2.75) is 60.3 Å². The summed E-state index contributed by atoms with van der Waals surface area (Å²) in [5, 5.41) is 0. The highest BCUT2D eigenvalue weighted by molar-refractivity contribution is 4.73. The van der Waals surface area contributed by atoms with Crippen LogP contribution in [0.5, 0.6) is 0 Å². The van der Waals surface area contributed by atoms with Gasteiger partial charge in [-0.05, 0) is 17.8 Å². The number of hydrogen-bond acceptors (Lipinski definition) is 0. The van der Waals surface area contributed by atoms with Gasteiger partial charge >= 0.3 is 0 Å². The van der Waals surface area contributed by atoms with Gasteiger partial charge in [0.2, 0.25) is 0 Å². The average molecular weight is 156 g/mol. The van der Waals surface area contributed by atoms with Crippen molar-refractivity contribution in [3.63, 3.8) is 0 Å². The Morgan fingerprint density at radius 1 is 1.09 bits per heavy atom. The molecule has 0 aliphatic heterocycles. The lowest BCUT2D eigenvalue weighted by atomic mass is 9.84. The van der Waals surface area contributed by atoms with E-state index < -0.39 is 0 Å². The Bertz CT molecular complexity index is 91.1. The summed E-state index contributed by atoms with van der Waals surface area (Å²) in [4.78, 5) is 0. The molecule has 0 amide bonds. The second-order valence-electron chi connectivity index (χ2n) is 4.92. The first-order valence-electron chi connectivity index (χ1n) is 4.58. The van der Waals surface area contributed by atoms with E-state index in [1.54, 1.807) is 0 Å². The van der Waals surface area contributed by atoms with E-state index in [9.17, 15) is 0 Å². The standard InChI is InChI=1S/C10H20.CH4/c1-10(2,3)8-9-6-4-5-7-9;/h9H,4-8H2,1-3H3;1H4. The highest BCUT2D eigenvalue weighted by Gasteiger charge is 2.21. The lowest BCUT2D eigenvalue weighted by molar-refractivity contribution is 0.297. The van der Waals surface area contributed by atoms with E-state index in [0.717, 1.165) is 5.92 Å². The molecule has 0 nitrogen and oxygen atoms in total. The maximum absolute atomic E-state index is 2.35. The predicted octanol–water partition coefficient (Wildman–Crippen LogP) is 4.25. The molecule has 1 aliphatic carbocycles. The minimum atomic E-state index is 0. The fraction of sp³-hybridized carbons (Fsp3) is 1.00. The largest absolute Gasteiger partial charge is 0.0776 e. The molecule has 0 aromatic heterocycles. The van der Waals surface area contributed by atoms with Crippen molar-refractivity contribution < 1.29 is 0 Å². The summed E-state index contributed by atoms with van der Waals surface area (Å²) in [7, 11) is 0. The summed E-state index contributed by atoms with van der Waals surface area (Å²) < 4.78 is 0. The van der Waals surface area contributed by atoms with E-state index in [2.05, 4.69) is 20.8 Å². The van der Waals surface area contributed by atoms with Gasteiger partial charge in [0.15, 0.2) is 0 Å². The predicted molar refractivity (Wildman–Crippen MR) is 52.8 cm³/mol. The first kappa shape index (κ1) is 11.0. The molecule has 1 rings (SSSR count). The van der Waals surface area contributed by atoms with E-state index in [0.29, 0.717) is 5.41 Å².